The van der Waals surface area contributed by atoms with Gasteiger partial charge in [-0.25, -0.2) is 4.99 Å². The number of ether oxygens (including phenoxy) is 1. The summed E-state index contributed by atoms with van der Waals surface area (Å²) in [6, 6.07) is 26.3. The van der Waals surface area contributed by atoms with Gasteiger partial charge < -0.3 is 20.7 Å². The van der Waals surface area contributed by atoms with E-state index in [1.807, 2.05) is 42.5 Å². The number of nitrogens with one attached hydrogen (secondary N) is 1. The van der Waals surface area contributed by atoms with Gasteiger partial charge in [0.2, 0.25) is 18.0 Å². The lowest BCUT2D eigenvalue weighted by Gasteiger charge is -2.31. The molecule has 2 aliphatic rings. The Balaban J connectivity index is 0.000000572. The summed E-state index contributed by atoms with van der Waals surface area (Å²) in [4.78, 5) is 43.9. The number of amides is 3. The summed E-state index contributed by atoms with van der Waals surface area (Å²) in [7, 11) is 0. The molecule has 11 heteroatoms. The molecule has 0 saturated carbocycles. The first-order valence-electron chi connectivity index (χ1n) is 13.0. The van der Waals surface area contributed by atoms with E-state index in [4.69, 9.17) is 10.5 Å². The fourth-order valence-electron chi connectivity index (χ4n) is 4.55. The van der Waals surface area contributed by atoms with Crippen LogP contribution in [0, 0.1) is 5.92 Å². The normalized spacial score (nSPS) is 16.6. The predicted octanol–water partition coefficient (Wildman–Crippen LogP) is 4.23. The van der Waals surface area contributed by atoms with Gasteiger partial charge in [0.15, 0.2) is 0 Å². The molecule has 3 N–H and O–H groups in total. The number of benzene rings is 3. The van der Waals surface area contributed by atoms with Crippen LogP contribution in [0.25, 0.3) is 0 Å². The van der Waals surface area contributed by atoms with Crippen LogP contribution >= 0.6 is 0 Å². The summed E-state index contributed by atoms with van der Waals surface area (Å²) in [5, 5.41) is 2.46. The van der Waals surface area contributed by atoms with E-state index < -0.39 is 55.2 Å². The fourth-order valence-corrected chi connectivity index (χ4v) is 4.55. The molecule has 0 aliphatic carbocycles. The lowest BCUT2D eigenvalue weighted by atomic mass is 9.97. The SMILES string of the molecule is NC(=O)CC(CCC(F)(F)F)C(=O)NC1N=C(c2ccccc2)c2cccc3c2N(CCO3)C1=O.c1ccccc1. The molecule has 3 aromatic carbocycles. The van der Waals surface area contributed by atoms with Crippen molar-refractivity contribution in [1.29, 1.82) is 0 Å². The number of halogens is 3. The molecule has 2 aliphatic heterocycles. The predicted molar refractivity (Wildman–Crippen MR) is 147 cm³/mol. The highest BCUT2D eigenvalue weighted by atomic mass is 19.4. The Kier molecular flexibility index (Phi) is 9.38. The number of nitrogens with two attached hydrogens (primary N) is 1. The van der Waals surface area contributed by atoms with Gasteiger partial charge in [-0.2, -0.15) is 13.2 Å². The maximum absolute atomic E-state index is 13.5. The third-order valence-corrected chi connectivity index (χ3v) is 6.44. The number of alkyl halides is 3. The summed E-state index contributed by atoms with van der Waals surface area (Å²) in [5.74, 6) is -3.26. The van der Waals surface area contributed by atoms with Crippen molar-refractivity contribution in [2.75, 3.05) is 18.1 Å². The van der Waals surface area contributed by atoms with E-state index in [1.165, 1.54) is 4.90 Å². The van der Waals surface area contributed by atoms with E-state index in [0.29, 0.717) is 28.3 Å². The standard InChI is InChI=1S/C24H23F3N4O4.C6H6/c25-24(26,27)10-9-15(13-18(28)32)22(33)30-21-23(34)31-11-12-35-17-8-4-7-16(20(17)31)19(29-21)14-5-2-1-3-6-14;1-2-4-6-5-3-1/h1-8,15,21H,9-13H2,(H2,28,32)(H,30,33);1-6H. The number of nitrogens with zero attached hydrogens (tertiary/aromatic N) is 2. The zero-order valence-electron chi connectivity index (χ0n) is 22.0. The van der Waals surface area contributed by atoms with Crippen LogP contribution in [0.1, 0.15) is 30.4 Å². The van der Waals surface area contributed by atoms with Crippen molar-refractivity contribution < 1.29 is 32.3 Å². The maximum atomic E-state index is 13.5. The van der Waals surface area contributed by atoms with Gasteiger partial charge >= 0.3 is 6.18 Å². The van der Waals surface area contributed by atoms with Crippen LogP contribution in [0.15, 0.2) is 89.9 Å². The fraction of sp³-hybridized carbons (Fsp3) is 0.267. The van der Waals surface area contributed by atoms with Crippen molar-refractivity contribution in [2.24, 2.45) is 16.6 Å². The molecule has 2 heterocycles. The van der Waals surface area contributed by atoms with Gasteiger partial charge in [0.05, 0.1) is 17.9 Å². The van der Waals surface area contributed by atoms with Crippen LogP contribution < -0.4 is 20.7 Å². The second-order valence-corrected chi connectivity index (χ2v) is 9.42. The molecule has 2 atom stereocenters. The Morgan fingerprint density at radius 1 is 1.00 bits per heavy atom. The van der Waals surface area contributed by atoms with E-state index in [-0.39, 0.29) is 13.2 Å². The second kappa shape index (κ2) is 13.1. The third kappa shape index (κ3) is 7.71. The number of hydrogen-bond acceptors (Lipinski definition) is 5. The monoisotopic (exact) mass is 566 g/mol. The van der Waals surface area contributed by atoms with E-state index in [0.717, 1.165) is 0 Å². The van der Waals surface area contributed by atoms with Crippen LogP contribution in [-0.2, 0) is 14.4 Å². The van der Waals surface area contributed by atoms with Crippen molar-refractivity contribution >= 4 is 29.1 Å². The number of carbonyl (C=O) groups is 3. The molecule has 41 heavy (non-hydrogen) atoms. The van der Waals surface area contributed by atoms with Gasteiger partial charge in [-0.15, -0.1) is 0 Å². The number of rotatable bonds is 7. The minimum absolute atomic E-state index is 0.200. The topological polar surface area (TPSA) is 114 Å². The van der Waals surface area contributed by atoms with Crippen molar-refractivity contribution in [3.05, 3.63) is 96.1 Å². The molecule has 0 aromatic heterocycles. The molecule has 214 valence electrons. The minimum Gasteiger partial charge on any atom is -0.490 e. The Bertz CT molecular complexity index is 1370. The lowest BCUT2D eigenvalue weighted by molar-refractivity contribution is -0.143. The number of aliphatic imine (C=N–C) groups is 1. The van der Waals surface area contributed by atoms with Crippen molar-refractivity contribution in [3.63, 3.8) is 0 Å². The van der Waals surface area contributed by atoms with Crippen LogP contribution in [0.4, 0.5) is 18.9 Å². The van der Waals surface area contributed by atoms with E-state index >= 15 is 0 Å². The van der Waals surface area contributed by atoms with Gasteiger partial charge in [0.25, 0.3) is 5.91 Å². The molecule has 0 saturated heterocycles. The molecular weight excluding hydrogens is 537 g/mol. The molecule has 0 radical (unpaired) electrons. The highest BCUT2D eigenvalue weighted by molar-refractivity contribution is 6.21. The first-order chi connectivity index (χ1) is 19.6. The average molecular weight is 567 g/mol. The summed E-state index contributed by atoms with van der Waals surface area (Å²) < 4.78 is 44.1. The van der Waals surface area contributed by atoms with Crippen LogP contribution in [0.3, 0.4) is 0 Å². The molecule has 8 nitrogen and oxygen atoms in total. The largest absolute Gasteiger partial charge is 0.490 e. The summed E-state index contributed by atoms with van der Waals surface area (Å²) >= 11 is 0. The summed E-state index contributed by atoms with van der Waals surface area (Å²) in [6.07, 6.45) is -8.43. The van der Waals surface area contributed by atoms with Gasteiger partial charge in [-0.1, -0.05) is 78.9 Å². The maximum Gasteiger partial charge on any atom is 0.389 e. The van der Waals surface area contributed by atoms with Crippen molar-refractivity contribution in [3.8, 4) is 5.75 Å². The van der Waals surface area contributed by atoms with E-state index in [2.05, 4.69) is 10.3 Å². The quantitative estimate of drug-likeness (QED) is 0.446. The van der Waals surface area contributed by atoms with Crippen molar-refractivity contribution in [1.82, 2.24) is 5.32 Å². The molecule has 5 rings (SSSR count). The smallest absolute Gasteiger partial charge is 0.389 e. The Morgan fingerprint density at radius 3 is 2.24 bits per heavy atom. The highest BCUT2D eigenvalue weighted by Crippen LogP contribution is 2.38. The van der Waals surface area contributed by atoms with Gasteiger partial charge in [-0.05, 0) is 12.5 Å². The zero-order chi connectivity index (χ0) is 29.4. The summed E-state index contributed by atoms with van der Waals surface area (Å²) in [5.41, 5.74) is 7.37. The highest BCUT2D eigenvalue weighted by Gasteiger charge is 2.38. The Labute approximate surface area is 235 Å². The lowest BCUT2D eigenvalue weighted by Crippen LogP contribution is -2.51. The van der Waals surface area contributed by atoms with E-state index in [9.17, 15) is 27.6 Å². The zero-order valence-corrected chi connectivity index (χ0v) is 22.0. The number of carbonyl (C=O) groups excluding carboxylic acids is 3. The number of hydrogen-bond donors (Lipinski definition) is 2. The average Bonchev–Trinajstić information content (AvgIpc) is 3.08. The van der Waals surface area contributed by atoms with Crippen molar-refractivity contribution in [2.45, 2.75) is 31.6 Å². The molecule has 3 amide bonds. The number of para-hydroxylation sites is 1. The third-order valence-electron chi connectivity index (χ3n) is 6.44. The molecule has 0 fully saturated rings. The molecular formula is C30H29F3N4O4. The molecule has 2 unspecified atom stereocenters. The number of primary amides is 1. The number of anilines is 1. The van der Waals surface area contributed by atoms with Crippen LogP contribution in [0.2, 0.25) is 0 Å². The first-order valence-corrected chi connectivity index (χ1v) is 13.0. The first kappa shape index (κ1) is 29.3. The van der Waals surface area contributed by atoms with Gasteiger partial charge in [0, 0.05) is 29.9 Å². The van der Waals surface area contributed by atoms with Gasteiger partial charge in [0.1, 0.15) is 12.4 Å². The van der Waals surface area contributed by atoms with E-state index in [1.54, 1.807) is 42.5 Å². The summed E-state index contributed by atoms with van der Waals surface area (Å²) in [6.45, 7) is 0.422. The Morgan fingerprint density at radius 2 is 1.63 bits per heavy atom. The minimum atomic E-state index is -4.52. The molecule has 0 bridgehead atoms. The van der Waals surface area contributed by atoms with Crippen LogP contribution in [-0.4, -0.2) is 48.9 Å². The molecule has 0 spiro atoms. The van der Waals surface area contributed by atoms with Crippen LogP contribution in [0.5, 0.6) is 5.75 Å². The second-order valence-electron chi connectivity index (χ2n) is 9.42. The van der Waals surface area contributed by atoms with Gasteiger partial charge in [-0.3, -0.25) is 14.4 Å². The Hall–Kier alpha value is -4.67. The molecule has 3 aromatic rings.